The van der Waals surface area contributed by atoms with Gasteiger partial charge in [-0.15, -0.1) is 0 Å². The highest BCUT2D eigenvalue weighted by Gasteiger charge is 2.32. The Balaban J connectivity index is 1.56. The molecule has 1 aromatic rings. The lowest BCUT2D eigenvalue weighted by Gasteiger charge is -2.39. The third kappa shape index (κ3) is 5.03. The van der Waals surface area contributed by atoms with Crippen LogP contribution >= 0.6 is 0 Å². The minimum atomic E-state index is 0.0506. The van der Waals surface area contributed by atoms with E-state index in [1.807, 2.05) is 6.07 Å². The molecule has 2 aliphatic heterocycles. The molecule has 2 heterocycles. The first kappa shape index (κ1) is 18.4. The molecule has 0 unspecified atom stereocenters. The Morgan fingerprint density at radius 3 is 2.56 bits per heavy atom. The maximum absolute atomic E-state index is 12.7. The number of nitrogens with zero attached hydrogens (tertiary/aromatic N) is 2. The van der Waals surface area contributed by atoms with Gasteiger partial charge >= 0.3 is 0 Å². The second-order valence-electron chi connectivity index (χ2n) is 7.64. The zero-order chi connectivity index (χ0) is 17.6. The van der Waals surface area contributed by atoms with Crippen molar-refractivity contribution >= 4 is 5.91 Å². The highest BCUT2D eigenvalue weighted by Crippen LogP contribution is 2.22. The van der Waals surface area contributed by atoms with E-state index in [9.17, 15) is 9.90 Å². The van der Waals surface area contributed by atoms with Crippen molar-refractivity contribution in [3.63, 3.8) is 0 Å². The summed E-state index contributed by atoms with van der Waals surface area (Å²) in [7, 11) is 2.11. The molecule has 138 valence electrons. The number of amides is 1. The van der Waals surface area contributed by atoms with E-state index in [1.165, 1.54) is 5.56 Å². The van der Waals surface area contributed by atoms with Crippen LogP contribution in [0.5, 0.6) is 0 Å². The van der Waals surface area contributed by atoms with Gasteiger partial charge in [0.15, 0.2) is 0 Å². The van der Waals surface area contributed by atoms with Gasteiger partial charge in [-0.25, -0.2) is 0 Å². The topological polar surface area (TPSA) is 55.8 Å². The van der Waals surface area contributed by atoms with Crippen LogP contribution in [0, 0.1) is 11.8 Å². The number of carbonyl (C=O) groups is 1. The van der Waals surface area contributed by atoms with Crippen molar-refractivity contribution in [3.05, 3.63) is 35.9 Å². The lowest BCUT2D eigenvalue weighted by molar-refractivity contribution is -0.128. The standard InChI is InChI=1S/C20H31N3O2/c1-22-10-7-17(8-11-22)20(25)21-19-14-23(12-9-18(19)15-24)13-16-5-3-2-4-6-16/h2-6,17-19,24H,7-15H2,1H3,(H,21,25)/t18-,19-/m1/s1. The lowest BCUT2D eigenvalue weighted by Crippen LogP contribution is -2.55. The van der Waals surface area contributed by atoms with Crippen LogP contribution in [0.2, 0.25) is 0 Å². The first-order valence-electron chi connectivity index (χ1n) is 9.51. The van der Waals surface area contributed by atoms with Crippen molar-refractivity contribution < 1.29 is 9.90 Å². The molecular weight excluding hydrogens is 314 g/mol. The van der Waals surface area contributed by atoms with E-state index in [2.05, 4.69) is 46.4 Å². The lowest BCUT2D eigenvalue weighted by atomic mass is 9.90. The minimum absolute atomic E-state index is 0.0506. The molecule has 2 N–H and O–H groups in total. The van der Waals surface area contributed by atoms with Crippen LogP contribution in [-0.2, 0) is 11.3 Å². The monoisotopic (exact) mass is 345 g/mol. The van der Waals surface area contributed by atoms with Crippen LogP contribution < -0.4 is 5.32 Å². The number of hydrogen-bond acceptors (Lipinski definition) is 4. The third-order valence-corrected chi connectivity index (χ3v) is 5.74. The van der Waals surface area contributed by atoms with Gasteiger partial charge in [-0.1, -0.05) is 30.3 Å². The van der Waals surface area contributed by atoms with Gasteiger partial charge in [0.05, 0.1) is 0 Å². The average molecular weight is 345 g/mol. The molecule has 2 fully saturated rings. The Bertz CT molecular complexity index is 543. The van der Waals surface area contributed by atoms with Gasteiger partial charge in [-0.3, -0.25) is 9.69 Å². The Kier molecular flexibility index (Phi) is 6.45. The van der Waals surface area contributed by atoms with Crippen molar-refractivity contribution in [1.82, 2.24) is 15.1 Å². The SMILES string of the molecule is CN1CCC(C(=O)N[C@@H]2CN(Cc3ccccc3)CC[C@@H]2CO)CC1. The van der Waals surface area contributed by atoms with E-state index in [0.29, 0.717) is 0 Å². The number of piperidine rings is 2. The van der Waals surface area contributed by atoms with Gasteiger partial charge in [-0.2, -0.15) is 0 Å². The number of nitrogens with one attached hydrogen (secondary N) is 1. The van der Waals surface area contributed by atoms with E-state index < -0.39 is 0 Å². The number of benzene rings is 1. The van der Waals surface area contributed by atoms with Gasteiger partial charge in [0.2, 0.25) is 5.91 Å². The largest absolute Gasteiger partial charge is 0.396 e. The Hall–Kier alpha value is -1.43. The van der Waals surface area contributed by atoms with Crippen molar-refractivity contribution in [2.24, 2.45) is 11.8 Å². The van der Waals surface area contributed by atoms with Gasteiger partial charge in [0, 0.05) is 37.6 Å². The van der Waals surface area contributed by atoms with Crippen molar-refractivity contribution in [2.45, 2.75) is 31.8 Å². The van der Waals surface area contributed by atoms with Gasteiger partial charge in [0.25, 0.3) is 0 Å². The van der Waals surface area contributed by atoms with Crippen LogP contribution in [-0.4, -0.2) is 66.7 Å². The molecule has 1 amide bonds. The Morgan fingerprint density at radius 1 is 1.16 bits per heavy atom. The molecule has 0 radical (unpaired) electrons. The summed E-state index contributed by atoms with van der Waals surface area (Å²) >= 11 is 0. The van der Waals surface area contributed by atoms with Crippen molar-refractivity contribution in [3.8, 4) is 0 Å². The number of hydrogen-bond donors (Lipinski definition) is 2. The average Bonchev–Trinajstić information content (AvgIpc) is 2.63. The quantitative estimate of drug-likeness (QED) is 0.845. The first-order valence-corrected chi connectivity index (χ1v) is 9.51. The number of aliphatic hydroxyl groups is 1. The first-order chi connectivity index (χ1) is 12.2. The maximum Gasteiger partial charge on any atom is 0.223 e. The molecule has 25 heavy (non-hydrogen) atoms. The van der Waals surface area contributed by atoms with E-state index in [0.717, 1.165) is 52.0 Å². The Morgan fingerprint density at radius 2 is 1.88 bits per heavy atom. The number of rotatable bonds is 5. The predicted octanol–water partition coefficient (Wildman–Crippen LogP) is 1.33. The predicted molar refractivity (Wildman–Crippen MR) is 99.1 cm³/mol. The summed E-state index contributed by atoms with van der Waals surface area (Å²) in [5.41, 5.74) is 1.30. The number of aliphatic hydroxyl groups excluding tert-OH is 1. The molecule has 3 rings (SSSR count). The molecule has 5 nitrogen and oxygen atoms in total. The fourth-order valence-electron chi connectivity index (χ4n) is 4.01. The van der Waals surface area contributed by atoms with E-state index in [-0.39, 0.29) is 30.4 Å². The molecule has 0 aliphatic carbocycles. The second kappa shape index (κ2) is 8.79. The molecule has 0 aromatic heterocycles. The van der Waals surface area contributed by atoms with Crippen molar-refractivity contribution in [2.75, 3.05) is 39.8 Å². The number of likely N-dealkylation sites (tertiary alicyclic amines) is 2. The molecule has 2 atom stereocenters. The summed E-state index contributed by atoms with van der Waals surface area (Å²) in [6, 6.07) is 10.5. The van der Waals surface area contributed by atoms with Crippen molar-refractivity contribution in [1.29, 1.82) is 0 Å². The number of carbonyl (C=O) groups excluding carboxylic acids is 1. The molecule has 2 aliphatic rings. The van der Waals surface area contributed by atoms with Gasteiger partial charge < -0.3 is 15.3 Å². The molecule has 5 heteroatoms. The zero-order valence-corrected chi connectivity index (χ0v) is 15.2. The smallest absolute Gasteiger partial charge is 0.223 e. The minimum Gasteiger partial charge on any atom is -0.396 e. The molecule has 1 aromatic carbocycles. The fraction of sp³-hybridized carbons (Fsp3) is 0.650. The molecule has 0 bridgehead atoms. The van der Waals surface area contributed by atoms with Crippen LogP contribution in [0.3, 0.4) is 0 Å². The zero-order valence-electron chi connectivity index (χ0n) is 15.2. The molecule has 0 spiro atoms. The van der Waals surface area contributed by atoms with Gasteiger partial charge in [-0.05, 0) is 51.5 Å². The summed E-state index contributed by atoms with van der Waals surface area (Å²) in [5, 5.41) is 13.0. The van der Waals surface area contributed by atoms with Gasteiger partial charge in [0.1, 0.15) is 0 Å². The summed E-state index contributed by atoms with van der Waals surface area (Å²) in [6.45, 7) is 4.83. The third-order valence-electron chi connectivity index (χ3n) is 5.74. The van der Waals surface area contributed by atoms with E-state index in [1.54, 1.807) is 0 Å². The highest BCUT2D eigenvalue weighted by atomic mass is 16.3. The summed E-state index contributed by atoms with van der Waals surface area (Å²) in [4.78, 5) is 17.3. The highest BCUT2D eigenvalue weighted by molar-refractivity contribution is 5.79. The van der Waals surface area contributed by atoms with E-state index >= 15 is 0 Å². The normalized spacial score (nSPS) is 26.5. The fourth-order valence-corrected chi connectivity index (χ4v) is 4.01. The van der Waals surface area contributed by atoms with Crippen LogP contribution in [0.25, 0.3) is 0 Å². The van der Waals surface area contributed by atoms with E-state index in [4.69, 9.17) is 0 Å². The van der Waals surface area contributed by atoms with Crippen LogP contribution in [0.1, 0.15) is 24.8 Å². The summed E-state index contributed by atoms with van der Waals surface area (Å²) < 4.78 is 0. The Labute approximate surface area is 151 Å². The molecule has 0 saturated carbocycles. The molecular formula is C20H31N3O2. The summed E-state index contributed by atoms with van der Waals surface area (Å²) in [5.74, 6) is 0.473. The second-order valence-corrected chi connectivity index (χ2v) is 7.64. The van der Waals surface area contributed by atoms with Crippen LogP contribution in [0.4, 0.5) is 0 Å². The molecule has 2 saturated heterocycles. The maximum atomic E-state index is 12.7. The summed E-state index contributed by atoms with van der Waals surface area (Å²) in [6.07, 6.45) is 2.81. The van der Waals surface area contributed by atoms with Crippen LogP contribution in [0.15, 0.2) is 30.3 Å².